The van der Waals surface area contributed by atoms with Crippen LogP contribution < -0.4 is 20.1 Å². The van der Waals surface area contributed by atoms with E-state index in [2.05, 4.69) is 20.6 Å². The molecule has 0 aliphatic rings. The zero-order chi connectivity index (χ0) is 19.2. The third-order valence-electron chi connectivity index (χ3n) is 3.91. The Morgan fingerprint density at radius 3 is 2.48 bits per heavy atom. The number of hydrogen-bond donors (Lipinski definition) is 2. The fourth-order valence-electron chi connectivity index (χ4n) is 2.59. The van der Waals surface area contributed by atoms with Crippen molar-refractivity contribution in [2.24, 2.45) is 0 Å². The minimum atomic E-state index is -0.251. The van der Waals surface area contributed by atoms with Crippen LogP contribution in [0.1, 0.15) is 11.3 Å². The molecule has 0 unspecified atom stereocenters. The monoisotopic (exact) mass is 368 g/mol. The number of rotatable bonds is 7. The Balaban J connectivity index is 1.76. The van der Waals surface area contributed by atoms with Crippen molar-refractivity contribution in [2.75, 3.05) is 24.9 Å². The normalized spacial score (nSPS) is 10.4. The van der Waals surface area contributed by atoms with Crippen LogP contribution >= 0.6 is 0 Å². The predicted octanol–water partition coefficient (Wildman–Crippen LogP) is 4.30. The quantitative estimate of drug-likeness (QED) is 0.648. The summed E-state index contributed by atoms with van der Waals surface area (Å²) in [5.41, 5.74) is 2.12. The molecule has 0 amide bonds. The highest BCUT2D eigenvalue weighted by Gasteiger charge is 2.08. The van der Waals surface area contributed by atoms with Gasteiger partial charge in [-0.2, -0.15) is 4.98 Å². The van der Waals surface area contributed by atoms with Crippen molar-refractivity contribution in [3.8, 4) is 11.5 Å². The van der Waals surface area contributed by atoms with Crippen molar-refractivity contribution in [3.63, 3.8) is 0 Å². The molecule has 27 heavy (non-hydrogen) atoms. The molecule has 0 saturated heterocycles. The van der Waals surface area contributed by atoms with E-state index in [1.165, 1.54) is 6.07 Å². The number of aromatic nitrogens is 2. The van der Waals surface area contributed by atoms with Crippen LogP contribution in [0.15, 0.2) is 48.5 Å². The molecule has 6 nitrogen and oxygen atoms in total. The summed E-state index contributed by atoms with van der Waals surface area (Å²) in [6.07, 6.45) is 0. The number of aryl methyl sites for hydroxylation is 1. The Morgan fingerprint density at radius 1 is 0.963 bits per heavy atom. The first kappa shape index (κ1) is 18.4. The lowest BCUT2D eigenvalue weighted by Crippen LogP contribution is -2.06. The lowest BCUT2D eigenvalue weighted by molar-refractivity contribution is 0.355. The van der Waals surface area contributed by atoms with Gasteiger partial charge >= 0.3 is 0 Å². The third-order valence-corrected chi connectivity index (χ3v) is 3.91. The first-order chi connectivity index (χ1) is 13.1. The zero-order valence-corrected chi connectivity index (χ0v) is 15.4. The maximum absolute atomic E-state index is 13.8. The van der Waals surface area contributed by atoms with E-state index in [0.717, 1.165) is 11.4 Å². The molecule has 3 rings (SSSR count). The van der Waals surface area contributed by atoms with Crippen molar-refractivity contribution in [1.29, 1.82) is 0 Å². The molecule has 0 radical (unpaired) electrons. The number of halogens is 1. The van der Waals surface area contributed by atoms with Crippen molar-refractivity contribution in [1.82, 2.24) is 9.97 Å². The molecule has 1 aromatic heterocycles. The van der Waals surface area contributed by atoms with Crippen LogP contribution in [0.4, 0.5) is 21.8 Å². The van der Waals surface area contributed by atoms with Gasteiger partial charge in [0.1, 0.15) is 11.6 Å². The summed E-state index contributed by atoms with van der Waals surface area (Å²) >= 11 is 0. The third kappa shape index (κ3) is 4.63. The van der Waals surface area contributed by atoms with Gasteiger partial charge in [-0.1, -0.05) is 18.2 Å². The second-order valence-electron chi connectivity index (χ2n) is 5.86. The van der Waals surface area contributed by atoms with Gasteiger partial charge in [-0.05, 0) is 25.1 Å². The summed E-state index contributed by atoms with van der Waals surface area (Å²) in [6.45, 7) is 2.20. The summed E-state index contributed by atoms with van der Waals surface area (Å²) < 4.78 is 24.3. The summed E-state index contributed by atoms with van der Waals surface area (Å²) in [6, 6.07) is 13.9. The molecule has 0 spiro atoms. The molecular weight excluding hydrogens is 347 g/mol. The summed E-state index contributed by atoms with van der Waals surface area (Å²) in [5, 5.41) is 6.28. The first-order valence-electron chi connectivity index (χ1n) is 8.41. The van der Waals surface area contributed by atoms with E-state index in [1.807, 2.05) is 13.0 Å². The second kappa shape index (κ2) is 8.35. The number of ether oxygens (including phenoxy) is 2. The van der Waals surface area contributed by atoms with Gasteiger partial charge in [0.15, 0.2) is 11.5 Å². The number of nitrogens with one attached hydrogen (secondary N) is 2. The molecule has 2 aromatic carbocycles. The number of methoxy groups -OCH3 is 2. The van der Waals surface area contributed by atoms with E-state index in [9.17, 15) is 4.39 Å². The van der Waals surface area contributed by atoms with Crippen LogP contribution in [0.25, 0.3) is 0 Å². The highest BCUT2D eigenvalue weighted by molar-refractivity contribution is 5.60. The predicted molar refractivity (Wildman–Crippen MR) is 103 cm³/mol. The highest BCUT2D eigenvalue weighted by atomic mass is 19.1. The molecule has 0 fully saturated rings. The number of nitrogens with zero attached hydrogens (tertiary/aromatic N) is 2. The van der Waals surface area contributed by atoms with E-state index in [0.29, 0.717) is 35.4 Å². The van der Waals surface area contributed by atoms with E-state index < -0.39 is 0 Å². The van der Waals surface area contributed by atoms with Crippen LogP contribution in [0.3, 0.4) is 0 Å². The molecule has 0 bridgehead atoms. The molecule has 2 N–H and O–H groups in total. The fourth-order valence-corrected chi connectivity index (χ4v) is 2.59. The Morgan fingerprint density at radius 2 is 1.74 bits per heavy atom. The van der Waals surface area contributed by atoms with Gasteiger partial charge in [-0.3, -0.25) is 0 Å². The van der Waals surface area contributed by atoms with Gasteiger partial charge in [0, 0.05) is 35.6 Å². The van der Waals surface area contributed by atoms with E-state index in [1.54, 1.807) is 50.6 Å². The highest BCUT2D eigenvalue weighted by Crippen LogP contribution is 2.30. The molecule has 1 heterocycles. The zero-order valence-electron chi connectivity index (χ0n) is 15.4. The molecule has 0 atom stereocenters. The van der Waals surface area contributed by atoms with Crippen molar-refractivity contribution >= 4 is 17.5 Å². The molecule has 0 aliphatic heterocycles. The molecule has 7 heteroatoms. The maximum atomic E-state index is 13.8. The summed E-state index contributed by atoms with van der Waals surface area (Å²) in [5.74, 6) is 2.03. The van der Waals surface area contributed by atoms with Crippen molar-refractivity contribution < 1.29 is 13.9 Å². The van der Waals surface area contributed by atoms with E-state index in [-0.39, 0.29) is 5.82 Å². The Labute approximate surface area is 157 Å². The van der Waals surface area contributed by atoms with E-state index in [4.69, 9.17) is 9.47 Å². The van der Waals surface area contributed by atoms with Crippen LogP contribution in [-0.4, -0.2) is 24.2 Å². The molecule has 140 valence electrons. The second-order valence-corrected chi connectivity index (χ2v) is 5.86. The molecular formula is C20H21FN4O2. The Hall–Kier alpha value is -3.35. The average Bonchev–Trinajstić information content (AvgIpc) is 2.67. The van der Waals surface area contributed by atoms with Crippen molar-refractivity contribution in [3.05, 3.63) is 65.6 Å². The Kier molecular flexibility index (Phi) is 5.71. The van der Waals surface area contributed by atoms with Gasteiger partial charge in [-0.15, -0.1) is 0 Å². The molecule has 0 saturated carbocycles. The van der Waals surface area contributed by atoms with Crippen LogP contribution in [0.2, 0.25) is 0 Å². The smallest absolute Gasteiger partial charge is 0.229 e. The summed E-state index contributed by atoms with van der Waals surface area (Å²) in [4.78, 5) is 8.84. The van der Waals surface area contributed by atoms with Gasteiger partial charge in [-0.25, -0.2) is 9.37 Å². The summed E-state index contributed by atoms with van der Waals surface area (Å²) in [7, 11) is 3.16. The minimum absolute atomic E-state index is 0.251. The topological polar surface area (TPSA) is 68.3 Å². The van der Waals surface area contributed by atoms with Gasteiger partial charge in [0.2, 0.25) is 5.95 Å². The lowest BCUT2D eigenvalue weighted by atomic mass is 10.2. The standard InChI is InChI=1S/C20H21FN4O2/c1-13-10-19(22-12-14-6-4-5-7-16(14)21)25-20(23-13)24-15-8-9-17(26-2)18(11-15)27-3/h4-11H,12H2,1-3H3,(H2,22,23,24,25). The van der Waals surface area contributed by atoms with Gasteiger partial charge in [0.25, 0.3) is 0 Å². The minimum Gasteiger partial charge on any atom is -0.493 e. The number of hydrogen-bond acceptors (Lipinski definition) is 6. The first-order valence-corrected chi connectivity index (χ1v) is 8.41. The van der Waals surface area contributed by atoms with Crippen molar-refractivity contribution in [2.45, 2.75) is 13.5 Å². The molecule has 0 aliphatic carbocycles. The van der Waals surface area contributed by atoms with Crippen LogP contribution in [0.5, 0.6) is 11.5 Å². The van der Waals surface area contributed by atoms with Gasteiger partial charge < -0.3 is 20.1 Å². The number of benzene rings is 2. The van der Waals surface area contributed by atoms with Crippen LogP contribution in [-0.2, 0) is 6.54 Å². The van der Waals surface area contributed by atoms with E-state index >= 15 is 0 Å². The fraction of sp³-hybridized carbons (Fsp3) is 0.200. The lowest BCUT2D eigenvalue weighted by Gasteiger charge is -2.12. The van der Waals surface area contributed by atoms with Gasteiger partial charge in [0.05, 0.1) is 14.2 Å². The number of anilines is 3. The maximum Gasteiger partial charge on any atom is 0.229 e. The molecule has 3 aromatic rings. The van der Waals surface area contributed by atoms with Crippen LogP contribution in [0, 0.1) is 12.7 Å². The Bertz CT molecular complexity index is 934. The average molecular weight is 368 g/mol. The largest absolute Gasteiger partial charge is 0.493 e. The SMILES string of the molecule is COc1ccc(Nc2nc(C)cc(NCc3ccccc3F)n2)cc1OC.